The van der Waals surface area contributed by atoms with Gasteiger partial charge in [-0.25, -0.2) is 4.99 Å². The predicted octanol–water partition coefficient (Wildman–Crippen LogP) is 2.20. The lowest BCUT2D eigenvalue weighted by molar-refractivity contribution is 0.232. The van der Waals surface area contributed by atoms with Gasteiger partial charge in [0.05, 0.1) is 12.2 Å². The Bertz CT molecular complexity index is 519. The molecule has 0 amide bonds. The van der Waals surface area contributed by atoms with Gasteiger partial charge in [-0.15, -0.1) is 24.0 Å². The lowest BCUT2D eigenvalue weighted by Crippen LogP contribution is -2.42. The first-order valence-electron chi connectivity index (χ1n) is 8.85. The first-order chi connectivity index (χ1) is 11.1. The lowest BCUT2D eigenvalue weighted by Gasteiger charge is -2.26. The number of halogens is 1. The molecular weight excluding hydrogens is 415 g/mol. The number of aromatic nitrogens is 2. The van der Waals surface area contributed by atoms with Gasteiger partial charge < -0.3 is 15.5 Å². The van der Waals surface area contributed by atoms with Crippen molar-refractivity contribution in [3.05, 3.63) is 17.0 Å². The highest BCUT2D eigenvalue weighted by Crippen LogP contribution is 2.12. The Hall–Kier alpha value is -0.830. The summed E-state index contributed by atoms with van der Waals surface area (Å²) in [6.07, 6.45) is 4.07. The van der Waals surface area contributed by atoms with E-state index in [1.165, 1.54) is 43.6 Å². The van der Waals surface area contributed by atoms with Crippen LogP contribution in [0, 0.1) is 13.8 Å². The largest absolute Gasteiger partial charge is 0.357 e. The highest BCUT2D eigenvalue weighted by molar-refractivity contribution is 14.0. The Labute approximate surface area is 163 Å². The molecule has 1 fully saturated rings. The summed E-state index contributed by atoms with van der Waals surface area (Å²) < 4.78 is 1.93. The van der Waals surface area contributed by atoms with Gasteiger partial charge in [-0.3, -0.25) is 4.68 Å². The number of piperidine rings is 1. The summed E-state index contributed by atoms with van der Waals surface area (Å²) in [4.78, 5) is 7.26. The van der Waals surface area contributed by atoms with E-state index in [2.05, 4.69) is 41.4 Å². The molecule has 0 saturated carbocycles. The molecule has 1 aliphatic heterocycles. The summed E-state index contributed by atoms with van der Waals surface area (Å²) in [6.45, 7) is 12.3. The van der Waals surface area contributed by atoms with Gasteiger partial charge in [0.1, 0.15) is 0 Å². The molecule has 1 aromatic heterocycles. The molecule has 1 aromatic rings. The summed E-state index contributed by atoms with van der Waals surface area (Å²) >= 11 is 0. The van der Waals surface area contributed by atoms with Gasteiger partial charge >= 0.3 is 0 Å². The molecular formula is C17H33IN6. The van der Waals surface area contributed by atoms with E-state index < -0.39 is 0 Å². The van der Waals surface area contributed by atoms with Crippen LogP contribution in [0.5, 0.6) is 0 Å². The zero-order valence-corrected chi connectivity index (χ0v) is 17.9. The summed E-state index contributed by atoms with van der Waals surface area (Å²) in [5.41, 5.74) is 3.48. The number of aryl methyl sites for hydroxylation is 2. The Morgan fingerprint density at radius 2 is 1.88 bits per heavy atom. The molecule has 24 heavy (non-hydrogen) atoms. The van der Waals surface area contributed by atoms with Crippen molar-refractivity contribution in [2.24, 2.45) is 12.0 Å². The fourth-order valence-corrected chi connectivity index (χ4v) is 3.06. The molecule has 2 N–H and O–H groups in total. The van der Waals surface area contributed by atoms with Crippen LogP contribution in [0.3, 0.4) is 0 Å². The van der Waals surface area contributed by atoms with Crippen LogP contribution < -0.4 is 10.6 Å². The summed E-state index contributed by atoms with van der Waals surface area (Å²) in [6, 6.07) is 0. The van der Waals surface area contributed by atoms with Crippen LogP contribution in [-0.2, 0) is 13.6 Å². The van der Waals surface area contributed by atoms with Crippen molar-refractivity contribution in [2.75, 3.05) is 32.7 Å². The molecule has 0 radical (unpaired) electrons. The summed E-state index contributed by atoms with van der Waals surface area (Å²) in [5, 5.41) is 11.2. The monoisotopic (exact) mass is 448 g/mol. The van der Waals surface area contributed by atoms with Crippen molar-refractivity contribution in [3.63, 3.8) is 0 Å². The second kappa shape index (κ2) is 10.9. The van der Waals surface area contributed by atoms with Crippen LogP contribution in [0.4, 0.5) is 0 Å². The Morgan fingerprint density at radius 1 is 1.17 bits per heavy atom. The van der Waals surface area contributed by atoms with E-state index in [4.69, 9.17) is 4.99 Å². The minimum Gasteiger partial charge on any atom is -0.357 e. The van der Waals surface area contributed by atoms with E-state index in [-0.39, 0.29) is 24.0 Å². The maximum absolute atomic E-state index is 4.72. The van der Waals surface area contributed by atoms with E-state index in [0.29, 0.717) is 6.54 Å². The fourth-order valence-electron chi connectivity index (χ4n) is 3.06. The van der Waals surface area contributed by atoms with Gasteiger partial charge in [0.15, 0.2) is 5.96 Å². The molecule has 0 atom stereocenters. The fraction of sp³-hybridized carbons (Fsp3) is 0.765. The molecule has 1 saturated heterocycles. The molecule has 1 aliphatic rings. The SMILES string of the molecule is CCNC(=NCc1c(C)nn(C)c1C)NCCN1CCCCC1.I. The van der Waals surface area contributed by atoms with Gasteiger partial charge in [-0.2, -0.15) is 5.10 Å². The van der Waals surface area contributed by atoms with E-state index in [1.807, 2.05) is 11.7 Å². The number of aliphatic imine (C=N–C) groups is 1. The standard InChI is InChI=1S/C17H32N6.HI/c1-5-18-17(19-9-12-23-10-7-6-8-11-23)20-13-16-14(2)21-22(4)15(16)3;/h5-13H2,1-4H3,(H2,18,19,20);1H. The van der Waals surface area contributed by atoms with Crippen LogP contribution in [-0.4, -0.2) is 53.4 Å². The first kappa shape index (κ1) is 21.2. The van der Waals surface area contributed by atoms with Crippen molar-refractivity contribution in [3.8, 4) is 0 Å². The third-order valence-corrected chi connectivity index (χ3v) is 4.57. The van der Waals surface area contributed by atoms with Crippen molar-refractivity contribution in [1.29, 1.82) is 0 Å². The molecule has 6 nitrogen and oxygen atoms in total. The minimum absolute atomic E-state index is 0. The molecule has 0 aliphatic carbocycles. The molecule has 0 unspecified atom stereocenters. The van der Waals surface area contributed by atoms with Gasteiger partial charge in [0, 0.05) is 37.9 Å². The van der Waals surface area contributed by atoms with Gasteiger partial charge in [-0.05, 0) is 46.7 Å². The molecule has 138 valence electrons. The third-order valence-electron chi connectivity index (χ3n) is 4.57. The van der Waals surface area contributed by atoms with Crippen LogP contribution in [0.2, 0.25) is 0 Å². The maximum atomic E-state index is 4.72. The number of guanidine groups is 1. The van der Waals surface area contributed by atoms with E-state index in [9.17, 15) is 0 Å². The van der Waals surface area contributed by atoms with Crippen LogP contribution in [0.15, 0.2) is 4.99 Å². The third kappa shape index (κ3) is 6.23. The molecule has 7 heteroatoms. The molecule has 0 bridgehead atoms. The Kier molecular flexibility index (Phi) is 9.65. The first-order valence-corrected chi connectivity index (χ1v) is 8.85. The molecule has 2 heterocycles. The molecule has 0 spiro atoms. The zero-order chi connectivity index (χ0) is 16.7. The van der Waals surface area contributed by atoms with Crippen molar-refractivity contribution in [2.45, 2.75) is 46.6 Å². The van der Waals surface area contributed by atoms with Crippen LogP contribution in [0.25, 0.3) is 0 Å². The van der Waals surface area contributed by atoms with Gasteiger partial charge in [0.25, 0.3) is 0 Å². The average molecular weight is 448 g/mol. The molecule has 2 rings (SSSR count). The second-order valence-electron chi connectivity index (χ2n) is 6.30. The van der Waals surface area contributed by atoms with Crippen molar-refractivity contribution in [1.82, 2.24) is 25.3 Å². The molecule has 0 aromatic carbocycles. The number of hydrogen-bond acceptors (Lipinski definition) is 3. The smallest absolute Gasteiger partial charge is 0.191 e. The van der Waals surface area contributed by atoms with E-state index >= 15 is 0 Å². The van der Waals surface area contributed by atoms with E-state index in [1.54, 1.807) is 0 Å². The number of nitrogens with one attached hydrogen (secondary N) is 2. The maximum Gasteiger partial charge on any atom is 0.191 e. The highest BCUT2D eigenvalue weighted by Gasteiger charge is 2.10. The van der Waals surface area contributed by atoms with Crippen molar-refractivity contribution >= 4 is 29.9 Å². The van der Waals surface area contributed by atoms with Crippen LogP contribution >= 0.6 is 24.0 Å². The Morgan fingerprint density at radius 3 is 2.46 bits per heavy atom. The topological polar surface area (TPSA) is 57.5 Å². The summed E-state index contributed by atoms with van der Waals surface area (Å²) in [5.74, 6) is 0.896. The zero-order valence-electron chi connectivity index (χ0n) is 15.6. The van der Waals surface area contributed by atoms with E-state index in [0.717, 1.165) is 31.3 Å². The number of nitrogens with zero attached hydrogens (tertiary/aromatic N) is 4. The number of rotatable bonds is 6. The lowest BCUT2D eigenvalue weighted by atomic mass is 10.1. The second-order valence-corrected chi connectivity index (χ2v) is 6.30. The van der Waals surface area contributed by atoms with Gasteiger partial charge in [-0.1, -0.05) is 6.42 Å². The normalized spacial score (nSPS) is 15.9. The highest BCUT2D eigenvalue weighted by atomic mass is 127. The average Bonchev–Trinajstić information content (AvgIpc) is 2.79. The summed E-state index contributed by atoms with van der Waals surface area (Å²) in [7, 11) is 1.98. The predicted molar refractivity (Wildman–Crippen MR) is 111 cm³/mol. The minimum atomic E-state index is 0. The Balaban J connectivity index is 0.00000288. The number of hydrogen-bond donors (Lipinski definition) is 2. The van der Waals surface area contributed by atoms with Gasteiger partial charge in [0.2, 0.25) is 0 Å². The van der Waals surface area contributed by atoms with Crippen molar-refractivity contribution < 1.29 is 0 Å². The number of likely N-dealkylation sites (tertiary alicyclic amines) is 1. The van der Waals surface area contributed by atoms with Crippen LogP contribution in [0.1, 0.15) is 43.1 Å². The quantitative estimate of drug-likeness (QED) is 0.398.